The van der Waals surface area contributed by atoms with Crippen molar-refractivity contribution in [2.24, 2.45) is 0 Å². The Morgan fingerprint density at radius 3 is 2.61 bits per heavy atom. The van der Waals surface area contributed by atoms with Crippen LogP contribution in [0, 0.1) is 5.82 Å². The van der Waals surface area contributed by atoms with E-state index in [-0.39, 0.29) is 23.2 Å². The number of carbonyl (C=O) groups is 1. The Hall–Kier alpha value is -2.92. The molecule has 220 valence electrons. The predicted octanol–water partition coefficient (Wildman–Crippen LogP) is 2.85. The Morgan fingerprint density at radius 1 is 1.15 bits per heavy atom. The quantitative estimate of drug-likeness (QED) is 0.494. The minimum absolute atomic E-state index is 0.103. The molecule has 4 atom stereocenters. The van der Waals surface area contributed by atoms with E-state index in [4.69, 9.17) is 4.74 Å². The van der Waals surface area contributed by atoms with Crippen LogP contribution in [0.1, 0.15) is 51.4 Å². The van der Waals surface area contributed by atoms with Gasteiger partial charge in [0, 0.05) is 67.7 Å². The average Bonchev–Trinajstić information content (AvgIpc) is 3.51. The predicted molar refractivity (Wildman–Crippen MR) is 157 cm³/mol. The molecular formula is C31H42FN7O2. The molecule has 1 amide bonds. The van der Waals surface area contributed by atoms with E-state index >= 15 is 0 Å². The maximum Gasteiger partial charge on any atom is 0.241 e. The van der Waals surface area contributed by atoms with Gasteiger partial charge in [0.2, 0.25) is 5.91 Å². The van der Waals surface area contributed by atoms with Gasteiger partial charge in [-0.05, 0) is 44.5 Å². The third kappa shape index (κ3) is 5.50. The number of rotatable bonds is 6. The van der Waals surface area contributed by atoms with Gasteiger partial charge in [0.15, 0.2) is 5.65 Å². The molecule has 0 bridgehead atoms. The number of hydrogen-bond acceptors (Lipinski definition) is 7. The fourth-order valence-corrected chi connectivity index (χ4v) is 6.90. The van der Waals surface area contributed by atoms with E-state index in [2.05, 4.69) is 65.9 Å². The highest BCUT2D eigenvalue weighted by molar-refractivity contribution is 5.97. The van der Waals surface area contributed by atoms with Gasteiger partial charge in [-0.2, -0.15) is 5.10 Å². The van der Waals surface area contributed by atoms with Crippen LogP contribution in [0.4, 0.5) is 10.1 Å². The maximum absolute atomic E-state index is 14.2. The van der Waals surface area contributed by atoms with Gasteiger partial charge < -0.3 is 15.0 Å². The molecule has 0 spiro atoms. The number of anilines is 1. The first-order valence-corrected chi connectivity index (χ1v) is 14.8. The lowest BCUT2D eigenvalue weighted by Crippen LogP contribution is -2.63. The molecule has 3 aliphatic heterocycles. The van der Waals surface area contributed by atoms with Gasteiger partial charge >= 0.3 is 0 Å². The van der Waals surface area contributed by atoms with Crippen LogP contribution >= 0.6 is 0 Å². The molecule has 3 aliphatic rings. The van der Waals surface area contributed by atoms with Gasteiger partial charge in [0.25, 0.3) is 0 Å². The van der Waals surface area contributed by atoms with Gasteiger partial charge in [-0.25, -0.2) is 13.9 Å². The summed E-state index contributed by atoms with van der Waals surface area (Å²) >= 11 is 0. The first-order valence-electron chi connectivity index (χ1n) is 14.8. The van der Waals surface area contributed by atoms with E-state index < -0.39 is 0 Å². The third-order valence-electron chi connectivity index (χ3n) is 9.03. The molecule has 6 rings (SSSR count). The second-order valence-corrected chi connectivity index (χ2v) is 12.9. The Morgan fingerprint density at radius 2 is 1.88 bits per heavy atom. The Balaban J connectivity index is 1.28. The minimum Gasteiger partial charge on any atom is -0.378 e. The van der Waals surface area contributed by atoms with Crippen molar-refractivity contribution in [1.82, 2.24) is 29.7 Å². The minimum atomic E-state index is -0.292. The van der Waals surface area contributed by atoms with Crippen molar-refractivity contribution >= 4 is 17.2 Å². The normalized spacial score (nSPS) is 26.9. The summed E-state index contributed by atoms with van der Waals surface area (Å²) in [7, 11) is 0. The number of ether oxygens (including phenoxy) is 1. The molecular weight excluding hydrogens is 521 g/mol. The number of fused-ring (bicyclic) bond motifs is 3. The van der Waals surface area contributed by atoms with E-state index in [1.165, 1.54) is 12.1 Å². The van der Waals surface area contributed by atoms with E-state index in [0.717, 1.165) is 61.0 Å². The van der Waals surface area contributed by atoms with Crippen LogP contribution in [0.25, 0.3) is 5.65 Å². The second kappa shape index (κ2) is 11.1. The number of benzene rings is 1. The highest BCUT2D eigenvalue weighted by atomic mass is 19.1. The molecule has 2 saturated heterocycles. The van der Waals surface area contributed by atoms with Gasteiger partial charge in [0.05, 0.1) is 31.1 Å². The van der Waals surface area contributed by atoms with Gasteiger partial charge in [-0.1, -0.05) is 26.0 Å². The number of nitrogens with zero attached hydrogens (tertiary/aromatic N) is 6. The summed E-state index contributed by atoms with van der Waals surface area (Å²) in [5.74, 6) is -0.155. The SMILES string of the molecule is C[C@@H]1CN(CC(=O)N2CC(C)(C)c3c2cc(Cc2ccc(F)cc2)c2ncnn32)[C@@H](CN2[C@H](C)COC[C@H]2C)CN1. The molecule has 0 saturated carbocycles. The van der Waals surface area contributed by atoms with Crippen LogP contribution in [0.5, 0.6) is 0 Å². The second-order valence-electron chi connectivity index (χ2n) is 12.9. The highest BCUT2D eigenvalue weighted by Crippen LogP contribution is 2.42. The number of hydrogen-bond donors (Lipinski definition) is 1. The van der Waals surface area contributed by atoms with Crippen molar-refractivity contribution in [3.63, 3.8) is 0 Å². The van der Waals surface area contributed by atoms with E-state index in [1.54, 1.807) is 18.5 Å². The third-order valence-corrected chi connectivity index (χ3v) is 9.03. The van der Waals surface area contributed by atoms with Crippen molar-refractivity contribution in [3.8, 4) is 0 Å². The smallest absolute Gasteiger partial charge is 0.241 e. The van der Waals surface area contributed by atoms with E-state index in [1.807, 2.05) is 9.42 Å². The fourth-order valence-electron chi connectivity index (χ4n) is 6.90. The summed E-state index contributed by atoms with van der Waals surface area (Å²) in [5, 5.41) is 8.22. The number of halogens is 1. The number of amides is 1. The molecule has 3 aromatic rings. The largest absolute Gasteiger partial charge is 0.378 e. The number of morpholine rings is 1. The molecule has 0 aliphatic carbocycles. The summed E-state index contributed by atoms with van der Waals surface area (Å²) in [4.78, 5) is 25.6. The maximum atomic E-state index is 14.2. The number of carbonyl (C=O) groups excluding carboxylic acids is 1. The molecule has 5 heterocycles. The molecule has 9 nitrogen and oxygen atoms in total. The van der Waals surface area contributed by atoms with Crippen molar-refractivity contribution < 1.29 is 13.9 Å². The van der Waals surface area contributed by atoms with Gasteiger partial charge in [-0.3, -0.25) is 14.6 Å². The summed E-state index contributed by atoms with van der Waals surface area (Å²) in [6, 6.07) is 9.91. The molecule has 10 heteroatoms. The van der Waals surface area contributed by atoms with Crippen molar-refractivity contribution in [2.75, 3.05) is 50.8 Å². The zero-order valence-corrected chi connectivity index (χ0v) is 24.8. The van der Waals surface area contributed by atoms with E-state index in [0.29, 0.717) is 37.6 Å². The topological polar surface area (TPSA) is 78.2 Å². The zero-order valence-electron chi connectivity index (χ0n) is 24.8. The molecule has 1 N–H and O–H groups in total. The Kier molecular flexibility index (Phi) is 7.61. The highest BCUT2D eigenvalue weighted by Gasteiger charge is 2.42. The summed E-state index contributed by atoms with van der Waals surface area (Å²) in [5.41, 5.74) is 4.33. The molecule has 41 heavy (non-hydrogen) atoms. The molecule has 2 fully saturated rings. The molecule has 0 unspecified atom stereocenters. The number of aromatic nitrogens is 3. The first-order chi connectivity index (χ1) is 19.6. The van der Waals surface area contributed by atoms with Gasteiger partial charge in [-0.15, -0.1) is 0 Å². The van der Waals surface area contributed by atoms with Gasteiger partial charge in [0.1, 0.15) is 12.1 Å². The first kappa shape index (κ1) is 28.2. The lowest BCUT2D eigenvalue weighted by atomic mass is 9.90. The summed E-state index contributed by atoms with van der Waals surface area (Å²) in [6.07, 6.45) is 2.15. The van der Waals surface area contributed by atoms with Crippen LogP contribution in [-0.4, -0.2) is 100 Å². The van der Waals surface area contributed by atoms with E-state index in [9.17, 15) is 9.18 Å². The van der Waals surface area contributed by atoms with Crippen LogP contribution in [0.3, 0.4) is 0 Å². The lowest BCUT2D eigenvalue weighted by Gasteiger charge is -2.46. The van der Waals surface area contributed by atoms with Crippen LogP contribution in [0.15, 0.2) is 36.7 Å². The summed E-state index contributed by atoms with van der Waals surface area (Å²) in [6.45, 7) is 16.0. The number of piperazine rings is 1. The average molecular weight is 564 g/mol. The monoisotopic (exact) mass is 563 g/mol. The number of nitrogens with one attached hydrogen (secondary N) is 1. The standard InChI is InChI=1S/C31H42FN7O2/c1-20-13-36(26(12-33-20)14-37-21(2)16-41-17-22(37)3)15-28(40)38-18-31(4,5)29-27(38)11-24(30-34-19-35-39(29)30)10-23-6-8-25(32)9-7-23/h6-9,11,19-22,26,33H,10,12-18H2,1-5H3/t20-,21-,22-,26-/m1/s1. The molecule has 0 radical (unpaired) electrons. The van der Waals surface area contributed by atoms with Crippen LogP contribution in [-0.2, 0) is 21.4 Å². The van der Waals surface area contributed by atoms with Crippen LogP contribution in [0.2, 0.25) is 0 Å². The Labute approximate surface area is 241 Å². The van der Waals surface area contributed by atoms with Crippen LogP contribution < -0.4 is 10.2 Å². The zero-order chi connectivity index (χ0) is 28.9. The lowest BCUT2D eigenvalue weighted by molar-refractivity contribution is -0.121. The molecule has 1 aromatic carbocycles. The fraction of sp³-hybridized carbons (Fsp3) is 0.581. The van der Waals surface area contributed by atoms with Crippen molar-refractivity contribution in [3.05, 3.63) is 59.3 Å². The molecule has 2 aromatic heterocycles. The number of pyridine rings is 1. The van der Waals surface area contributed by atoms with Crippen molar-refractivity contribution in [1.29, 1.82) is 0 Å². The Bertz CT molecular complexity index is 1400. The summed E-state index contributed by atoms with van der Waals surface area (Å²) < 4.78 is 21.2. The van der Waals surface area contributed by atoms with Crippen molar-refractivity contribution in [2.45, 2.75) is 70.6 Å².